The smallest absolute Gasteiger partial charge is 0.238 e. The fourth-order valence-corrected chi connectivity index (χ4v) is 3.76. The van der Waals surface area contributed by atoms with Crippen molar-refractivity contribution in [2.24, 2.45) is 11.8 Å². The van der Waals surface area contributed by atoms with E-state index in [1.807, 2.05) is 0 Å². The number of likely N-dealkylation sites (tertiary alicyclic amines) is 1. The molecule has 0 aromatic heterocycles. The van der Waals surface area contributed by atoms with Crippen LogP contribution in [0.25, 0.3) is 0 Å². The minimum atomic E-state index is -1.35. The maximum absolute atomic E-state index is 12.6. The number of ketones is 1. The molecular formula is C15H13NO5. The highest BCUT2D eigenvalue weighted by molar-refractivity contribution is 6.13. The number of carbonyl (C=O) groups is 3. The fraction of sp³-hybridized carbons (Fsp3) is 0.400. The van der Waals surface area contributed by atoms with Gasteiger partial charge in [0, 0.05) is 25.3 Å². The molecule has 3 aliphatic rings. The lowest BCUT2D eigenvalue weighted by Crippen LogP contribution is -2.45. The first kappa shape index (κ1) is 12.7. The molecule has 1 aromatic rings. The van der Waals surface area contributed by atoms with Crippen LogP contribution in [0.1, 0.15) is 15.9 Å². The van der Waals surface area contributed by atoms with E-state index in [4.69, 9.17) is 9.47 Å². The van der Waals surface area contributed by atoms with E-state index in [0.717, 1.165) is 4.90 Å². The van der Waals surface area contributed by atoms with Gasteiger partial charge in [-0.1, -0.05) is 24.3 Å². The topological polar surface area (TPSA) is 72.9 Å². The number of hydrogen-bond acceptors (Lipinski definition) is 5. The van der Waals surface area contributed by atoms with E-state index in [9.17, 15) is 14.4 Å². The van der Waals surface area contributed by atoms with E-state index < -0.39 is 23.7 Å². The number of methoxy groups -OCH3 is 1. The molecule has 0 spiro atoms. The van der Waals surface area contributed by atoms with Crippen molar-refractivity contribution in [3.8, 4) is 0 Å². The maximum Gasteiger partial charge on any atom is 0.238 e. The molecule has 0 unspecified atom stereocenters. The van der Waals surface area contributed by atoms with Gasteiger partial charge in [0.25, 0.3) is 0 Å². The van der Waals surface area contributed by atoms with Crippen molar-refractivity contribution in [1.29, 1.82) is 0 Å². The molecule has 4 atom stereocenters. The van der Waals surface area contributed by atoms with Crippen LogP contribution in [0.3, 0.4) is 0 Å². The zero-order valence-corrected chi connectivity index (χ0v) is 11.5. The second kappa shape index (κ2) is 3.78. The Morgan fingerprint density at radius 1 is 1.19 bits per heavy atom. The van der Waals surface area contributed by atoms with E-state index >= 15 is 0 Å². The van der Waals surface area contributed by atoms with Crippen molar-refractivity contribution in [2.75, 3.05) is 14.2 Å². The summed E-state index contributed by atoms with van der Waals surface area (Å²) in [6.45, 7) is 0. The first-order valence-corrected chi connectivity index (χ1v) is 6.71. The molecule has 0 aliphatic carbocycles. The molecular weight excluding hydrogens is 274 g/mol. The Morgan fingerprint density at radius 2 is 1.90 bits per heavy atom. The number of imide groups is 1. The van der Waals surface area contributed by atoms with Crippen LogP contribution in [0.5, 0.6) is 0 Å². The number of hydrogen-bond donors (Lipinski definition) is 0. The van der Waals surface area contributed by atoms with Gasteiger partial charge < -0.3 is 9.47 Å². The summed E-state index contributed by atoms with van der Waals surface area (Å²) in [6, 6.07) is 6.90. The number of benzene rings is 1. The van der Waals surface area contributed by atoms with Gasteiger partial charge in [-0.15, -0.1) is 0 Å². The third-order valence-corrected chi connectivity index (χ3v) is 4.74. The predicted octanol–water partition coefficient (Wildman–Crippen LogP) is 0.312. The van der Waals surface area contributed by atoms with E-state index in [0.29, 0.717) is 11.1 Å². The molecule has 2 bridgehead atoms. The van der Waals surface area contributed by atoms with Crippen LogP contribution in [0.4, 0.5) is 0 Å². The van der Waals surface area contributed by atoms with Crippen molar-refractivity contribution >= 4 is 17.6 Å². The van der Waals surface area contributed by atoms with Crippen molar-refractivity contribution < 1.29 is 23.9 Å². The van der Waals surface area contributed by atoms with Gasteiger partial charge in [-0.3, -0.25) is 19.3 Å². The van der Waals surface area contributed by atoms with E-state index in [1.54, 1.807) is 24.3 Å². The summed E-state index contributed by atoms with van der Waals surface area (Å²) in [5, 5.41) is 0. The molecule has 0 radical (unpaired) electrons. The number of Topliss-reactive ketones (excluding diaryl/α,β-unsaturated/α-hetero) is 1. The highest BCUT2D eigenvalue weighted by Crippen LogP contribution is 2.56. The Kier molecular flexibility index (Phi) is 2.28. The summed E-state index contributed by atoms with van der Waals surface area (Å²) in [6.07, 6.45) is -0.953. The average Bonchev–Trinajstić information content (AvgIpc) is 2.94. The normalized spacial score (nSPS) is 37.0. The van der Waals surface area contributed by atoms with Gasteiger partial charge in [0.15, 0.2) is 5.78 Å². The van der Waals surface area contributed by atoms with Gasteiger partial charge in [-0.2, -0.15) is 0 Å². The summed E-state index contributed by atoms with van der Waals surface area (Å²) in [5.41, 5.74) is 0.992. The summed E-state index contributed by atoms with van der Waals surface area (Å²) < 4.78 is 11.3. The molecule has 2 amide bonds. The number of ether oxygens (including phenoxy) is 2. The molecule has 21 heavy (non-hydrogen) atoms. The standard InChI is InChI=1S/C15H13NO5/c1-16-13(18)9-10(14(16)19)15(20-2)8-6-4-3-5-7(8)11(17)12(9)21-15/h3-6,9-10,12H,1-2H3/t9-,10-,12+,15+/m1/s1. The van der Waals surface area contributed by atoms with Crippen LogP contribution in [0.2, 0.25) is 0 Å². The highest BCUT2D eigenvalue weighted by Gasteiger charge is 2.71. The third kappa shape index (κ3) is 1.23. The number of amides is 2. The number of rotatable bonds is 1. The Morgan fingerprint density at radius 3 is 2.62 bits per heavy atom. The lowest BCUT2D eigenvalue weighted by molar-refractivity contribution is -0.237. The van der Waals surface area contributed by atoms with Crippen molar-refractivity contribution in [2.45, 2.75) is 11.9 Å². The molecule has 1 aromatic carbocycles. The largest absolute Gasteiger partial charge is 0.349 e. The van der Waals surface area contributed by atoms with Crippen LogP contribution in [-0.4, -0.2) is 42.8 Å². The zero-order valence-electron chi connectivity index (χ0n) is 11.5. The van der Waals surface area contributed by atoms with E-state index in [2.05, 4.69) is 0 Å². The number of nitrogens with zero attached hydrogens (tertiary/aromatic N) is 1. The molecule has 108 valence electrons. The maximum atomic E-state index is 12.6. The Hall–Kier alpha value is -2.05. The molecule has 3 aliphatic heterocycles. The van der Waals surface area contributed by atoms with Crippen LogP contribution in [0.15, 0.2) is 24.3 Å². The van der Waals surface area contributed by atoms with E-state index in [1.165, 1.54) is 14.2 Å². The molecule has 0 N–H and O–H groups in total. The lowest BCUT2D eigenvalue weighted by atomic mass is 9.86. The quantitative estimate of drug-likeness (QED) is 0.695. The molecule has 6 nitrogen and oxygen atoms in total. The Labute approximate surface area is 120 Å². The van der Waals surface area contributed by atoms with Crippen LogP contribution >= 0.6 is 0 Å². The molecule has 3 heterocycles. The monoisotopic (exact) mass is 287 g/mol. The van der Waals surface area contributed by atoms with Gasteiger partial charge in [-0.05, 0) is 0 Å². The average molecular weight is 287 g/mol. The molecule has 2 fully saturated rings. The van der Waals surface area contributed by atoms with Gasteiger partial charge in [-0.25, -0.2) is 0 Å². The second-order valence-electron chi connectivity index (χ2n) is 5.56. The fourth-order valence-electron chi connectivity index (χ4n) is 3.76. The molecule has 2 saturated heterocycles. The summed E-state index contributed by atoms with van der Waals surface area (Å²) in [5.74, 6) is -3.96. The predicted molar refractivity (Wildman–Crippen MR) is 69.1 cm³/mol. The minimum absolute atomic E-state index is 0.262. The van der Waals surface area contributed by atoms with Crippen molar-refractivity contribution in [3.05, 3.63) is 35.4 Å². The minimum Gasteiger partial charge on any atom is -0.349 e. The summed E-state index contributed by atoms with van der Waals surface area (Å²) >= 11 is 0. The first-order valence-electron chi connectivity index (χ1n) is 6.71. The van der Waals surface area contributed by atoms with Gasteiger partial charge in [0.2, 0.25) is 17.6 Å². The lowest BCUT2D eigenvalue weighted by Gasteiger charge is -2.36. The zero-order chi connectivity index (χ0) is 14.9. The van der Waals surface area contributed by atoms with E-state index in [-0.39, 0.29) is 17.6 Å². The van der Waals surface area contributed by atoms with Gasteiger partial charge in [0.05, 0.1) is 5.92 Å². The van der Waals surface area contributed by atoms with Crippen LogP contribution in [0, 0.1) is 11.8 Å². The molecule has 6 heteroatoms. The van der Waals surface area contributed by atoms with Gasteiger partial charge in [0.1, 0.15) is 12.0 Å². The molecule has 4 rings (SSSR count). The third-order valence-electron chi connectivity index (χ3n) is 4.74. The van der Waals surface area contributed by atoms with Crippen molar-refractivity contribution in [1.82, 2.24) is 4.90 Å². The second-order valence-corrected chi connectivity index (χ2v) is 5.56. The first-order chi connectivity index (χ1) is 10.0. The van der Waals surface area contributed by atoms with Gasteiger partial charge >= 0.3 is 0 Å². The van der Waals surface area contributed by atoms with Crippen LogP contribution < -0.4 is 0 Å². The summed E-state index contributed by atoms with van der Waals surface area (Å²) in [4.78, 5) is 38.4. The number of carbonyl (C=O) groups excluding carboxylic acids is 3. The molecule has 0 saturated carbocycles. The summed E-state index contributed by atoms with van der Waals surface area (Å²) in [7, 11) is 2.86. The van der Waals surface area contributed by atoms with Crippen molar-refractivity contribution in [3.63, 3.8) is 0 Å². The SMILES string of the molecule is CO[C@]12O[C@H](C(=O)c3ccccc31)[C@@H]1C(=O)N(C)C(=O)[C@@H]12. The Bertz CT molecular complexity index is 699. The highest BCUT2D eigenvalue weighted by atomic mass is 16.7. The number of fused-ring (bicyclic) bond motifs is 7. The Balaban J connectivity index is 2.01. The van der Waals surface area contributed by atoms with Crippen LogP contribution in [-0.2, 0) is 24.8 Å².